The largest absolute Gasteiger partial charge is 0.465 e. The predicted molar refractivity (Wildman–Crippen MR) is 61.4 cm³/mol. The maximum atomic E-state index is 11.3. The molecule has 2 N–H and O–H groups in total. The molecule has 0 saturated carbocycles. The normalized spacial score (nSPS) is 9.76. The maximum Gasteiger partial charge on any atom is 0.337 e. The number of carbonyl (C=O) groups excluding carboxylic acids is 1. The van der Waals surface area contributed by atoms with E-state index in [0.717, 1.165) is 5.39 Å². The Bertz CT molecular complexity index is 619. The summed E-state index contributed by atoms with van der Waals surface area (Å²) in [6, 6.07) is 5.02. The average Bonchev–Trinajstić information content (AvgIpc) is 2.77. The van der Waals surface area contributed by atoms with E-state index in [1.165, 1.54) is 7.11 Å². The zero-order chi connectivity index (χ0) is 12.3. The molecule has 0 fully saturated rings. The number of aliphatic hydroxyl groups is 1. The van der Waals surface area contributed by atoms with Crippen LogP contribution in [0.2, 0.25) is 0 Å². The number of hydrogen-bond acceptors (Lipinski definition) is 4. The molecule has 2 aromatic rings. The summed E-state index contributed by atoms with van der Waals surface area (Å²) in [6.45, 7) is -0.208. The van der Waals surface area contributed by atoms with Crippen molar-refractivity contribution >= 4 is 16.9 Å². The highest BCUT2D eigenvalue weighted by Crippen LogP contribution is 2.17. The summed E-state index contributed by atoms with van der Waals surface area (Å²) in [5.74, 6) is 4.88. The Morgan fingerprint density at radius 2 is 2.41 bits per heavy atom. The number of esters is 1. The molecule has 86 valence electrons. The standard InChI is InChI=1S/C12H10N2O3/c1-17-12(16)8-4-5-9-10(3-2-6-15)13-14-11(9)7-8/h4-5,7,15H,6H2,1H3,(H,13,14). The number of nitrogens with one attached hydrogen (secondary N) is 1. The molecule has 0 aliphatic carbocycles. The molecule has 0 saturated heterocycles. The van der Waals surface area contributed by atoms with Gasteiger partial charge in [0.15, 0.2) is 0 Å². The van der Waals surface area contributed by atoms with Gasteiger partial charge in [-0.15, -0.1) is 0 Å². The van der Waals surface area contributed by atoms with Crippen LogP contribution in [0.1, 0.15) is 16.1 Å². The second-order valence-electron chi connectivity index (χ2n) is 3.28. The lowest BCUT2D eigenvalue weighted by Gasteiger charge is -1.97. The lowest BCUT2D eigenvalue weighted by atomic mass is 10.1. The van der Waals surface area contributed by atoms with E-state index in [9.17, 15) is 4.79 Å². The number of benzene rings is 1. The lowest BCUT2D eigenvalue weighted by molar-refractivity contribution is 0.0601. The summed E-state index contributed by atoms with van der Waals surface area (Å²) in [4.78, 5) is 11.3. The van der Waals surface area contributed by atoms with Gasteiger partial charge >= 0.3 is 5.97 Å². The molecule has 0 atom stereocenters. The molecule has 2 rings (SSSR count). The van der Waals surface area contributed by atoms with E-state index < -0.39 is 5.97 Å². The van der Waals surface area contributed by atoms with Crippen LogP contribution in [-0.4, -0.2) is 35.0 Å². The van der Waals surface area contributed by atoms with E-state index in [2.05, 4.69) is 26.8 Å². The molecule has 5 heteroatoms. The first-order valence-corrected chi connectivity index (χ1v) is 4.92. The van der Waals surface area contributed by atoms with Gasteiger partial charge in [-0.25, -0.2) is 4.79 Å². The molecule has 1 heterocycles. The molecule has 0 amide bonds. The van der Waals surface area contributed by atoms with Crippen LogP contribution in [0.4, 0.5) is 0 Å². The third kappa shape index (κ3) is 2.12. The van der Waals surface area contributed by atoms with E-state index in [-0.39, 0.29) is 6.61 Å². The highest BCUT2D eigenvalue weighted by molar-refractivity contribution is 5.95. The molecular weight excluding hydrogens is 220 g/mol. The first-order chi connectivity index (χ1) is 8.26. The van der Waals surface area contributed by atoms with E-state index in [0.29, 0.717) is 16.8 Å². The number of aromatic amines is 1. The minimum atomic E-state index is -0.405. The molecule has 0 radical (unpaired) electrons. The summed E-state index contributed by atoms with van der Waals surface area (Å²) >= 11 is 0. The molecular formula is C12H10N2O3. The van der Waals surface area contributed by atoms with Crippen molar-refractivity contribution < 1.29 is 14.6 Å². The van der Waals surface area contributed by atoms with Crippen molar-refractivity contribution in [3.8, 4) is 11.8 Å². The Hall–Kier alpha value is -2.32. The monoisotopic (exact) mass is 230 g/mol. The van der Waals surface area contributed by atoms with Gasteiger partial charge in [0.2, 0.25) is 0 Å². The quantitative estimate of drug-likeness (QED) is 0.558. The molecule has 1 aromatic carbocycles. The van der Waals surface area contributed by atoms with Crippen molar-refractivity contribution in [2.24, 2.45) is 0 Å². The lowest BCUT2D eigenvalue weighted by Crippen LogP contribution is -2.00. The third-order valence-corrected chi connectivity index (χ3v) is 2.27. The fourth-order valence-electron chi connectivity index (χ4n) is 1.48. The summed E-state index contributed by atoms with van der Waals surface area (Å²) in [7, 11) is 1.33. The van der Waals surface area contributed by atoms with Crippen LogP contribution in [0, 0.1) is 11.8 Å². The Labute approximate surface area is 97.4 Å². The predicted octanol–water partition coefficient (Wildman–Crippen LogP) is 0.693. The SMILES string of the molecule is COC(=O)c1ccc2c(C#CCO)[nH]nc2c1. The zero-order valence-corrected chi connectivity index (χ0v) is 9.15. The fourth-order valence-corrected chi connectivity index (χ4v) is 1.48. The van der Waals surface area contributed by atoms with E-state index in [4.69, 9.17) is 5.11 Å². The van der Waals surface area contributed by atoms with Crippen LogP contribution < -0.4 is 0 Å². The minimum Gasteiger partial charge on any atom is -0.465 e. The van der Waals surface area contributed by atoms with Gasteiger partial charge in [0, 0.05) is 5.39 Å². The van der Waals surface area contributed by atoms with Crippen LogP contribution in [0.25, 0.3) is 10.9 Å². The number of methoxy groups -OCH3 is 1. The third-order valence-electron chi connectivity index (χ3n) is 2.27. The van der Waals surface area contributed by atoms with Crippen LogP contribution in [0.15, 0.2) is 18.2 Å². The van der Waals surface area contributed by atoms with Crippen LogP contribution >= 0.6 is 0 Å². The van der Waals surface area contributed by atoms with Crippen molar-refractivity contribution in [1.82, 2.24) is 10.2 Å². The van der Waals surface area contributed by atoms with E-state index >= 15 is 0 Å². The van der Waals surface area contributed by atoms with Crippen molar-refractivity contribution in [2.75, 3.05) is 13.7 Å². The number of nitrogens with zero attached hydrogens (tertiary/aromatic N) is 1. The second-order valence-corrected chi connectivity index (χ2v) is 3.28. The molecule has 0 aliphatic rings. The summed E-state index contributed by atoms with van der Waals surface area (Å²) in [5, 5.41) is 16.2. The van der Waals surface area contributed by atoms with Gasteiger partial charge in [-0.1, -0.05) is 5.92 Å². The van der Waals surface area contributed by atoms with Crippen molar-refractivity contribution in [1.29, 1.82) is 0 Å². The number of fused-ring (bicyclic) bond motifs is 1. The minimum absolute atomic E-state index is 0.208. The molecule has 17 heavy (non-hydrogen) atoms. The van der Waals surface area contributed by atoms with Crippen molar-refractivity contribution in [3.63, 3.8) is 0 Å². The van der Waals surface area contributed by atoms with Gasteiger partial charge in [-0.3, -0.25) is 5.10 Å². The molecule has 0 unspecified atom stereocenters. The van der Waals surface area contributed by atoms with Crippen molar-refractivity contribution in [3.05, 3.63) is 29.5 Å². The Morgan fingerprint density at radius 1 is 1.59 bits per heavy atom. The van der Waals surface area contributed by atoms with Gasteiger partial charge in [0.05, 0.1) is 18.2 Å². The number of rotatable bonds is 1. The topological polar surface area (TPSA) is 75.2 Å². The molecule has 0 aliphatic heterocycles. The molecule has 0 spiro atoms. The highest BCUT2D eigenvalue weighted by atomic mass is 16.5. The van der Waals surface area contributed by atoms with Crippen LogP contribution in [0.5, 0.6) is 0 Å². The highest BCUT2D eigenvalue weighted by Gasteiger charge is 2.09. The fraction of sp³-hybridized carbons (Fsp3) is 0.167. The van der Waals surface area contributed by atoms with Crippen molar-refractivity contribution in [2.45, 2.75) is 0 Å². The van der Waals surface area contributed by atoms with Gasteiger partial charge in [0.25, 0.3) is 0 Å². The number of aliphatic hydroxyl groups excluding tert-OH is 1. The number of hydrogen-bond donors (Lipinski definition) is 2. The first kappa shape index (κ1) is 11.2. The Balaban J connectivity index is 2.48. The summed E-state index contributed by atoms with van der Waals surface area (Å²) < 4.78 is 4.62. The smallest absolute Gasteiger partial charge is 0.337 e. The van der Waals surface area contributed by atoms with Gasteiger partial charge < -0.3 is 9.84 Å². The number of H-pyrrole nitrogens is 1. The first-order valence-electron chi connectivity index (χ1n) is 4.92. The van der Waals surface area contributed by atoms with Crippen LogP contribution in [-0.2, 0) is 4.74 Å². The second kappa shape index (κ2) is 4.68. The maximum absolute atomic E-state index is 11.3. The number of carbonyl (C=O) groups is 1. The Morgan fingerprint density at radius 3 is 3.12 bits per heavy atom. The van der Waals surface area contributed by atoms with Gasteiger partial charge in [-0.05, 0) is 24.1 Å². The Kier molecular flexibility index (Phi) is 3.08. The van der Waals surface area contributed by atoms with E-state index in [1.807, 2.05) is 0 Å². The molecule has 0 bridgehead atoms. The molecule has 1 aromatic heterocycles. The van der Waals surface area contributed by atoms with Gasteiger partial charge in [0.1, 0.15) is 12.3 Å². The zero-order valence-electron chi connectivity index (χ0n) is 9.15. The van der Waals surface area contributed by atoms with Crippen LogP contribution in [0.3, 0.4) is 0 Å². The van der Waals surface area contributed by atoms with E-state index in [1.54, 1.807) is 18.2 Å². The number of aromatic nitrogens is 2. The summed E-state index contributed by atoms with van der Waals surface area (Å²) in [5.41, 5.74) is 1.69. The van der Waals surface area contributed by atoms with Gasteiger partial charge in [-0.2, -0.15) is 5.10 Å². The summed E-state index contributed by atoms with van der Waals surface area (Å²) in [6.07, 6.45) is 0. The number of ether oxygens (including phenoxy) is 1. The average molecular weight is 230 g/mol. The molecule has 5 nitrogen and oxygen atoms in total.